The maximum atomic E-state index is 12.1. The second-order valence-electron chi connectivity index (χ2n) is 15.7. The number of carbonyl (C=O) groups excluding carboxylic acids is 1. The van der Waals surface area contributed by atoms with Gasteiger partial charge in [0.05, 0.1) is 28.8 Å². The van der Waals surface area contributed by atoms with Crippen molar-refractivity contribution in [3.8, 4) is 0 Å². The summed E-state index contributed by atoms with van der Waals surface area (Å²) < 4.78 is 29.8. The number of benzene rings is 4. The molecule has 2 aliphatic heterocycles. The fourth-order valence-corrected chi connectivity index (χ4v) is 5.50. The van der Waals surface area contributed by atoms with Crippen LogP contribution in [-0.2, 0) is 34.6 Å². The maximum Gasteiger partial charge on any atom is 0.494 e. The molecule has 2 saturated heterocycles. The predicted octanol–water partition coefficient (Wildman–Crippen LogP) is 6.74. The van der Waals surface area contributed by atoms with Crippen LogP contribution in [0.25, 0.3) is 21.5 Å². The van der Waals surface area contributed by atoms with E-state index in [0.717, 1.165) is 43.7 Å². The van der Waals surface area contributed by atoms with Crippen LogP contribution < -0.4 is 16.7 Å². The lowest BCUT2D eigenvalue weighted by Gasteiger charge is -2.32. The molecule has 248 valence electrons. The van der Waals surface area contributed by atoms with E-state index >= 15 is 0 Å². The van der Waals surface area contributed by atoms with Gasteiger partial charge in [-0.25, -0.2) is 0 Å². The van der Waals surface area contributed by atoms with Crippen molar-refractivity contribution < 1.29 is 28.1 Å². The van der Waals surface area contributed by atoms with Gasteiger partial charge < -0.3 is 29.1 Å². The SMILES string of the molecule is CC(C)(C)OC(=O)Cc1ccc2cc(B3OC(C)(C)C(C)(C)O3)ccc2c1.CC1(C)OB(c2ccc3cc(N)ccc3c2)OC1(C)C. The zero-order chi connectivity index (χ0) is 34.6. The van der Waals surface area contributed by atoms with Crippen molar-refractivity contribution in [3.05, 3.63) is 78.4 Å². The first-order chi connectivity index (χ1) is 21.6. The number of fused-ring (bicyclic) bond motifs is 2. The summed E-state index contributed by atoms with van der Waals surface area (Å²) in [6.07, 6.45) is 0.270. The molecule has 0 bridgehead atoms. The quantitative estimate of drug-likeness (QED) is 0.151. The second kappa shape index (κ2) is 12.3. The summed E-state index contributed by atoms with van der Waals surface area (Å²) in [5.74, 6) is -0.212. The minimum atomic E-state index is -0.467. The van der Waals surface area contributed by atoms with Crippen LogP contribution in [0.4, 0.5) is 5.69 Å². The molecule has 2 fully saturated rings. The van der Waals surface area contributed by atoms with Crippen molar-refractivity contribution in [3.63, 3.8) is 0 Å². The van der Waals surface area contributed by atoms with Crippen molar-refractivity contribution in [2.75, 3.05) is 5.73 Å². The molecule has 2 heterocycles. The number of rotatable bonds is 4. The Morgan fingerprint density at radius 1 is 0.617 bits per heavy atom. The molecule has 2 aliphatic rings. The maximum absolute atomic E-state index is 12.1. The first kappa shape index (κ1) is 35.0. The Morgan fingerprint density at radius 2 is 1.00 bits per heavy atom. The van der Waals surface area contributed by atoms with Crippen molar-refractivity contribution in [1.82, 2.24) is 0 Å². The molecule has 2 N–H and O–H groups in total. The van der Waals surface area contributed by atoms with Gasteiger partial charge in [-0.1, -0.05) is 60.7 Å². The van der Waals surface area contributed by atoms with Crippen molar-refractivity contribution in [2.24, 2.45) is 0 Å². The van der Waals surface area contributed by atoms with Crippen molar-refractivity contribution >= 4 is 58.4 Å². The number of nitrogen functional groups attached to an aromatic ring is 1. The van der Waals surface area contributed by atoms with Crippen LogP contribution in [0.1, 0.15) is 81.7 Å². The average molecular weight is 637 g/mol. The Hall–Kier alpha value is -3.36. The summed E-state index contributed by atoms with van der Waals surface area (Å²) in [5, 5.41) is 4.45. The Balaban J connectivity index is 0.000000193. The first-order valence-electron chi connectivity index (χ1n) is 16.4. The zero-order valence-corrected chi connectivity index (χ0v) is 29.8. The highest BCUT2D eigenvalue weighted by molar-refractivity contribution is 6.62. The van der Waals surface area contributed by atoms with E-state index in [9.17, 15) is 4.79 Å². The standard InChI is InChI=1S/C22H29BO4.C16H20BNO2/c1-20(2,3)25-19(24)13-15-8-9-17-14-18(11-10-16(17)12-15)23-26-21(4,5)22(6,7)27-23;1-15(2)16(3,4)20-17(19-15)13-7-5-12-10-14(18)8-6-11(12)9-13/h8-12,14H,13H2,1-7H3;5-10H,18H2,1-4H3. The molecular formula is C38H49B2NO6. The molecule has 0 spiro atoms. The lowest BCUT2D eigenvalue weighted by Crippen LogP contribution is -2.41. The van der Waals surface area contributed by atoms with Gasteiger partial charge in [0.15, 0.2) is 0 Å². The Bertz CT molecular complexity index is 1760. The molecule has 0 aliphatic carbocycles. The van der Waals surface area contributed by atoms with Crippen LogP contribution in [-0.4, -0.2) is 48.2 Å². The zero-order valence-electron chi connectivity index (χ0n) is 29.8. The van der Waals surface area contributed by atoms with E-state index in [4.69, 9.17) is 29.1 Å². The van der Waals surface area contributed by atoms with Gasteiger partial charge in [0.25, 0.3) is 0 Å². The Labute approximate surface area is 280 Å². The molecular weight excluding hydrogens is 588 g/mol. The Kier molecular flexibility index (Phi) is 9.12. The highest BCUT2D eigenvalue weighted by atomic mass is 16.7. The monoisotopic (exact) mass is 637 g/mol. The minimum Gasteiger partial charge on any atom is -0.460 e. The van der Waals surface area contributed by atoms with Gasteiger partial charge in [0.1, 0.15) is 5.60 Å². The highest BCUT2D eigenvalue weighted by Gasteiger charge is 2.52. The molecule has 4 aromatic carbocycles. The smallest absolute Gasteiger partial charge is 0.460 e. The average Bonchev–Trinajstić information content (AvgIpc) is 3.31. The number of nitrogens with two attached hydrogens (primary N) is 1. The minimum absolute atomic E-state index is 0.212. The molecule has 7 nitrogen and oxygen atoms in total. The van der Waals surface area contributed by atoms with Gasteiger partial charge in [-0.3, -0.25) is 4.79 Å². The van der Waals surface area contributed by atoms with Crippen LogP contribution in [0.2, 0.25) is 0 Å². The summed E-state index contributed by atoms with van der Waals surface area (Å²) in [7, 11) is -0.692. The van der Waals surface area contributed by atoms with Gasteiger partial charge in [-0.15, -0.1) is 0 Å². The van der Waals surface area contributed by atoms with Crippen LogP contribution in [0.15, 0.2) is 72.8 Å². The molecule has 9 heteroatoms. The third-order valence-corrected chi connectivity index (χ3v) is 9.64. The van der Waals surface area contributed by atoms with E-state index in [1.54, 1.807) is 0 Å². The topological polar surface area (TPSA) is 89.2 Å². The molecule has 4 aromatic rings. The number of esters is 1. The summed E-state index contributed by atoms with van der Waals surface area (Å²) in [5.41, 5.74) is 7.77. The Morgan fingerprint density at radius 3 is 1.45 bits per heavy atom. The number of hydrogen-bond donors (Lipinski definition) is 1. The van der Waals surface area contributed by atoms with Gasteiger partial charge in [-0.05, 0) is 126 Å². The summed E-state index contributed by atoms with van der Waals surface area (Å²) in [6, 6.07) is 24.3. The largest absolute Gasteiger partial charge is 0.494 e. The van der Waals surface area contributed by atoms with Gasteiger partial charge in [0, 0.05) is 5.69 Å². The number of carbonyl (C=O) groups is 1. The number of ether oxygens (including phenoxy) is 1. The van der Waals surface area contributed by atoms with Gasteiger partial charge >= 0.3 is 20.2 Å². The third-order valence-electron chi connectivity index (χ3n) is 9.64. The lowest BCUT2D eigenvalue weighted by molar-refractivity contribution is -0.153. The molecule has 0 aromatic heterocycles. The van der Waals surface area contributed by atoms with E-state index in [0.29, 0.717) is 0 Å². The van der Waals surface area contributed by atoms with Crippen molar-refractivity contribution in [2.45, 2.75) is 111 Å². The molecule has 0 radical (unpaired) electrons. The predicted molar refractivity (Wildman–Crippen MR) is 193 cm³/mol. The molecule has 47 heavy (non-hydrogen) atoms. The lowest BCUT2D eigenvalue weighted by atomic mass is 9.78. The molecule has 0 amide bonds. The molecule has 0 atom stereocenters. The fraction of sp³-hybridized carbons (Fsp3) is 0.447. The molecule has 0 saturated carbocycles. The molecule has 0 unspecified atom stereocenters. The van der Waals surface area contributed by atoms with Crippen LogP contribution in [0, 0.1) is 0 Å². The summed E-state index contributed by atoms with van der Waals surface area (Å²) in [4.78, 5) is 12.1. The highest BCUT2D eigenvalue weighted by Crippen LogP contribution is 2.37. The number of anilines is 1. The van der Waals surface area contributed by atoms with E-state index in [2.05, 4.69) is 73.6 Å². The van der Waals surface area contributed by atoms with Crippen LogP contribution in [0.3, 0.4) is 0 Å². The van der Waals surface area contributed by atoms with E-state index in [-0.39, 0.29) is 49.0 Å². The third kappa shape index (κ3) is 7.70. The fourth-order valence-electron chi connectivity index (χ4n) is 5.50. The molecule has 6 rings (SSSR count). The second-order valence-corrected chi connectivity index (χ2v) is 15.7. The van der Waals surface area contributed by atoms with Crippen molar-refractivity contribution in [1.29, 1.82) is 0 Å². The van der Waals surface area contributed by atoms with Gasteiger partial charge in [-0.2, -0.15) is 0 Å². The van der Waals surface area contributed by atoms with Crippen LogP contribution >= 0.6 is 0 Å². The van der Waals surface area contributed by atoms with Gasteiger partial charge in [0.2, 0.25) is 0 Å². The van der Waals surface area contributed by atoms with E-state index < -0.39 is 5.60 Å². The normalized spacial score (nSPS) is 19.5. The van der Waals surface area contributed by atoms with Crippen LogP contribution in [0.5, 0.6) is 0 Å². The summed E-state index contributed by atoms with van der Waals surface area (Å²) in [6.45, 7) is 22.1. The first-order valence-corrected chi connectivity index (χ1v) is 16.4. The number of hydrogen-bond acceptors (Lipinski definition) is 7. The summed E-state index contributed by atoms with van der Waals surface area (Å²) >= 11 is 0. The van der Waals surface area contributed by atoms with E-state index in [1.807, 2.05) is 75.4 Å². The van der Waals surface area contributed by atoms with E-state index in [1.165, 1.54) is 0 Å².